The van der Waals surface area contributed by atoms with Crippen molar-refractivity contribution >= 4 is 23.3 Å². The van der Waals surface area contributed by atoms with Gasteiger partial charge >= 0.3 is 5.97 Å². The van der Waals surface area contributed by atoms with E-state index < -0.39 is 108 Å². The van der Waals surface area contributed by atoms with E-state index >= 15 is 0 Å². The lowest BCUT2D eigenvalue weighted by molar-refractivity contribution is -0.247. The molecular formula is C30H36N2O13. The van der Waals surface area contributed by atoms with Crippen LogP contribution in [0.2, 0.25) is 0 Å². The smallest absolute Gasteiger partial charge is 0.320 e. The zero-order valence-corrected chi connectivity index (χ0v) is 24.7. The Bertz CT molecular complexity index is 1530. The van der Waals surface area contributed by atoms with Crippen LogP contribution in [0, 0.1) is 0 Å². The molecule has 1 heterocycles. The number of carbonyl (C=O) groups is 4. The molecular weight excluding hydrogens is 596 g/mol. The Labute approximate surface area is 256 Å². The number of benzene rings is 2. The van der Waals surface area contributed by atoms with Gasteiger partial charge < -0.3 is 56.3 Å². The molecule has 3 aliphatic rings. The Morgan fingerprint density at radius 1 is 1.13 bits per heavy atom. The second kappa shape index (κ2) is 12.8. The largest absolute Gasteiger partial charge is 0.507 e. The minimum absolute atomic E-state index is 0.0173. The maximum Gasteiger partial charge on any atom is 0.320 e. The molecule has 0 aromatic heterocycles. The van der Waals surface area contributed by atoms with E-state index in [2.05, 4.69) is 0 Å². The number of aliphatic hydroxyl groups is 3. The first-order valence-electron chi connectivity index (χ1n) is 14.0. The van der Waals surface area contributed by atoms with Crippen molar-refractivity contribution in [2.24, 2.45) is 11.5 Å². The third kappa shape index (κ3) is 6.03. The summed E-state index contributed by atoms with van der Waals surface area (Å²) in [5.41, 5.74) is 7.21. The maximum absolute atomic E-state index is 13.6. The number of ether oxygens (including phenoxy) is 3. The highest BCUT2D eigenvalue weighted by atomic mass is 16.7. The van der Waals surface area contributed by atoms with Crippen LogP contribution in [0.1, 0.15) is 75.8 Å². The number of carbonyl (C=O) groups excluding carboxylic acids is 3. The van der Waals surface area contributed by atoms with Crippen LogP contribution in [0.3, 0.4) is 0 Å². The zero-order chi connectivity index (χ0) is 33.5. The average molecular weight is 633 g/mol. The number of carboxylic acid groups (broad SMARTS) is 1. The molecule has 2 aromatic carbocycles. The summed E-state index contributed by atoms with van der Waals surface area (Å²) in [6.07, 6.45) is -5.12. The number of ketones is 3. The first-order valence-corrected chi connectivity index (χ1v) is 14.0. The highest BCUT2D eigenvalue weighted by Crippen LogP contribution is 2.52. The lowest BCUT2D eigenvalue weighted by Crippen LogP contribution is -2.53. The van der Waals surface area contributed by atoms with Gasteiger partial charge in [-0.3, -0.25) is 19.2 Å². The van der Waals surface area contributed by atoms with Crippen molar-refractivity contribution in [3.63, 3.8) is 0 Å². The van der Waals surface area contributed by atoms with Crippen LogP contribution in [-0.2, 0) is 25.5 Å². The van der Waals surface area contributed by atoms with Gasteiger partial charge in [-0.15, -0.1) is 0 Å². The Morgan fingerprint density at radius 2 is 1.76 bits per heavy atom. The normalized spacial score (nSPS) is 27.7. The van der Waals surface area contributed by atoms with E-state index in [1.165, 1.54) is 32.2 Å². The lowest BCUT2D eigenvalue weighted by atomic mass is 9.72. The minimum Gasteiger partial charge on any atom is -0.507 e. The summed E-state index contributed by atoms with van der Waals surface area (Å²) in [7, 11) is 1.32. The summed E-state index contributed by atoms with van der Waals surface area (Å²) in [5, 5.41) is 61.6. The molecule has 2 aromatic rings. The molecule has 0 spiro atoms. The number of nitrogens with two attached hydrogens (primary N) is 2. The number of hydrogen-bond donors (Lipinski definition) is 8. The number of hydrogen-bond acceptors (Lipinski definition) is 14. The van der Waals surface area contributed by atoms with Gasteiger partial charge in [-0.1, -0.05) is 12.1 Å². The number of aliphatic carboxylic acids is 1. The van der Waals surface area contributed by atoms with Gasteiger partial charge in [0.15, 0.2) is 17.9 Å². The number of aliphatic hydroxyl groups excluding tert-OH is 2. The molecule has 45 heavy (non-hydrogen) atoms. The third-order valence-electron chi connectivity index (χ3n) is 8.19. The Kier molecular flexibility index (Phi) is 9.65. The number of Topliss-reactive ketones (excluding diaryl/α,β-unsaturated/α-hetero) is 1. The Balaban J connectivity index is 0.000000700. The number of phenolic OH excluding ortho intramolecular Hbond substituents is 2. The molecule has 7 atom stereocenters. The fourth-order valence-electron chi connectivity index (χ4n) is 5.75. The van der Waals surface area contributed by atoms with Crippen molar-refractivity contribution in [2.75, 3.05) is 13.7 Å². The van der Waals surface area contributed by atoms with Crippen molar-refractivity contribution in [1.82, 2.24) is 0 Å². The Hall–Kier alpha value is -3.96. The predicted molar refractivity (Wildman–Crippen MR) is 153 cm³/mol. The molecule has 15 nitrogen and oxygen atoms in total. The molecule has 1 unspecified atom stereocenters. The number of fused-ring (bicyclic) bond motifs is 3. The number of rotatable bonds is 6. The van der Waals surface area contributed by atoms with E-state index in [0.29, 0.717) is 0 Å². The summed E-state index contributed by atoms with van der Waals surface area (Å²) in [5.74, 6) is -4.74. The minimum atomic E-state index is -2.24. The highest BCUT2D eigenvalue weighted by Gasteiger charge is 2.50. The van der Waals surface area contributed by atoms with Gasteiger partial charge in [-0.05, 0) is 19.9 Å². The van der Waals surface area contributed by atoms with Crippen molar-refractivity contribution in [3.05, 3.63) is 51.6 Å². The van der Waals surface area contributed by atoms with Gasteiger partial charge in [0, 0.05) is 42.0 Å². The molecule has 1 fully saturated rings. The summed E-state index contributed by atoms with van der Waals surface area (Å²) in [6.45, 7) is 1.98. The number of aromatic hydroxyl groups is 2. The van der Waals surface area contributed by atoms with Crippen LogP contribution < -0.4 is 16.2 Å². The number of phenols is 2. The molecule has 244 valence electrons. The SMILES string of the molecule is CC(N)C(=O)O.COc1cccc2c1C(=O)c1c(O)c3c(c(O)c1C2=O)C[C@@](O)(C(=O)CO)C[C@@H]3O[C@H]1C[C@H](N)[C@H](O)[C@H](C)O1. The Morgan fingerprint density at radius 3 is 2.31 bits per heavy atom. The van der Waals surface area contributed by atoms with Crippen LogP contribution in [0.5, 0.6) is 17.2 Å². The van der Waals surface area contributed by atoms with Crippen LogP contribution in [-0.4, -0.2) is 104 Å². The van der Waals surface area contributed by atoms with Gasteiger partial charge in [-0.25, -0.2) is 0 Å². The summed E-state index contributed by atoms with van der Waals surface area (Å²) in [6, 6.07) is 2.90. The quantitative estimate of drug-likeness (QED) is 0.158. The predicted octanol–water partition coefficient (Wildman–Crippen LogP) is -0.580. The van der Waals surface area contributed by atoms with Crippen molar-refractivity contribution < 1.29 is 64.0 Å². The van der Waals surface area contributed by atoms with Gasteiger partial charge in [0.25, 0.3) is 0 Å². The first kappa shape index (κ1) is 33.9. The van der Waals surface area contributed by atoms with E-state index in [-0.39, 0.29) is 34.4 Å². The summed E-state index contributed by atoms with van der Waals surface area (Å²) >= 11 is 0. The molecule has 15 heteroatoms. The standard InChI is InChI=1S/C27H29NO11.C3H7NO2/c1-10-22(31)13(28)6-17(38-10)39-15-8-27(36,16(30)9-29)7-12-19(15)26(35)21-20(24(12)33)23(32)11-4-3-5-14(37-2)18(11)25(21)34;1-2(4)3(5)6/h3-5,10,13,15,17,22,29,31,33,35-36H,6-9,28H2,1-2H3;2H,4H2,1H3,(H,5,6)/t10-,13-,15-,17-,22+,27-;/m0./s1. The fourth-order valence-corrected chi connectivity index (χ4v) is 5.75. The zero-order valence-electron chi connectivity index (χ0n) is 24.7. The van der Waals surface area contributed by atoms with Crippen molar-refractivity contribution in [3.8, 4) is 17.2 Å². The van der Waals surface area contributed by atoms with E-state index in [4.69, 9.17) is 30.8 Å². The van der Waals surface area contributed by atoms with Crippen molar-refractivity contribution in [2.45, 2.75) is 75.4 Å². The van der Waals surface area contributed by atoms with Gasteiger partial charge in [0.05, 0.1) is 42.1 Å². The van der Waals surface area contributed by atoms with E-state index in [1.807, 2.05) is 0 Å². The topological polar surface area (TPSA) is 269 Å². The summed E-state index contributed by atoms with van der Waals surface area (Å²) in [4.78, 5) is 49.3. The van der Waals surface area contributed by atoms with E-state index in [0.717, 1.165) is 0 Å². The highest BCUT2D eigenvalue weighted by molar-refractivity contribution is 6.31. The van der Waals surface area contributed by atoms with E-state index in [9.17, 15) is 44.7 Å². The second-order valence-corrected chi connectivity index (χ2v) is 11.3. The van der Waals surface area contributed by atoms with Crippen molar-refractivity contribution in [1.29, 1.82) is 0 Å². The molecule has 1 saturated heterocycles. The molecule has 0 amide bonds. The number of carboxylic acids is 1. The third-order valence-corrected chi connectivity index (χ3v) is 8.19. The van der Waals surface area contributed by atoms with Gasteiger partial charge in [0.2, 0.25) is 5.78 Å². The van der Waals surface area contributed by atoms with Gasteiger partial charge in [0.1, 0.15) is 35.5 Å². The molecule has 0 bridgehead atoms. The van der Waals surface area contributed by atoms with Crippen LogP contribution in [0.25, 0.3) is 0 Å². The molecule has 0 radical (unpaired) electrons. The van der Waals surface area contributed by atoms with Crippen LogP contribution in [0.4, 0.5) is 0 Å². The summed E-state index contributed by atoms with van der Waals surface area (Å²) < 4.78 is 17.0. The van der Waals surface area contributed by atoms with Crippen LogP contribution >= 0.6 is 0 Å². The molecule has 0 saturated carbocycles. The lowest BCUT2D eigenvalue weighted by Gasteiger charge is -2.42. The van der Waals surface area contributed by atoms with Gasteiger partial charge in [-0.2, -0.15) is 0 Å². The molecule has 1 aliphatic heterocycles. The monoisotopic (exact) mass is 632 g/mol. The fraction of sp³-hybridized carbons (Fsp3) is 0.467. The van der Waals surface area contributed by atoms with E-state index in [1.54, 1.807) is 6.92 Å². The number of methoxy groups -OCH3 is 1. The average Bonchev–Trinajstić information content (AvgIpc) is 2.99. The molecule has 10 N–H and O–H groups in total. The van der Waals surface area contributed by atoms with Crippen LogP contribution in [0.15, 0.2) is 18.2 Å². The molecule has 5 rings (SSSR count). The molecule has 2 aliphatic carbocycles. The maximum atomic E-state index is 13.6. The first-order chi connectivity index (χ1) is 21.1. The second-order valence-electron chi connectivity index (χ2n) is 11.3.